The molecule has 1 unspecified atom stereocenters. The third kappa shape index (κ3) is 8.88. The van der Waals surface area contributed by atoms with E-state index in [1.165, 1.54) is 11.9 Å². The number of amides is 3. The maximum absolute atomic E-state index is 11.9. The molecule has 7 nitrogen and oxygen atoms in total. The summed E-state index contributed by atoms with van der Waals surface area (Å²) in [4.78, 5) is 35.7. The first-order chi connectivity index (χ1) is 9.77. The Labute approximate surface area is 126 Å². The van der Waals surface area contributed by atoms with E-state index in [1.54, 1.807) is 0 Å². The number of nitrogens with one attached hydrogen (secondary N) is 2. The van der Waals surface area contributed by atoms with Gasteiger partial charge in [0.1, 0.15) is 12.6 Å². The second-order valence-electron chi connectivity index (χ2n) is 5.54. The molecule has 0 heterocycles. The van der Waals surface area contributed by atoms with Crippen LogP contribution in [0.4, 0.5) is 4.79 Å². The first-order valence-corrected chi connectivity index (χ1v) is 7.29. The number of carbonyl (C=O) groups is 3. The van der Waals surface area contributed by atoms with Crippen LogP contribution in [-0.4, -0.2) is 54.1 Å². The van der Waals surface area contributed by atoms with E-state index in [0.717, 1.165) is 12.8 Å². The molecule has 0 aliphatic rings. The highest BCUT2D eigenvalue weighted by molar-refractivity contribution is 5.86. The summed E-state index contributed by atoms with van der Waals surface area (Å²) in [5, 5.41) is 14.2. The van der Waals surface area contributed by atoms with Crippen LogP contribution in [0, 0.1) is 5.92 Å². The molecular weight excluding hydrogens is 274 g/mol. The summed E-state index contributed by atoms with van der Waals surface area (Å²) in [6, 6.07) is -1.48. The minimum absolute atomic E-state index is 0.0985. The van der Waals surface area contributed by atoms with Gasteiger partial charge >= 0.3 is 12.0 Å². The molecule has 0 aliphatic heterocycles. The number of carboxylic acids is 1. The summed E-state index contributed by atoms with van der Waals surface area (Å²) in [6.07, 6.45) is 1.95. The number of hydrogen-bond acceptors (Lipinski definition) is 3. The summed E-state index contributed by atoms with van der Waals surface area (Å²) in [6.45, 7) is 6.34. The van der Waals surface area contributed by atoms with Crippen molar-refractivity contribution < 1.29 is 19.5 Å². The van der Waals surface area contributed by atoms with E-state index >= 15 is 0 Å². The third-order valence-electron chi connectivity index (χ3n) is 2.88. The van der Waals surface area contributed by atoms with Gasteiger partial charge in [-0.1, -0.05) is 33.6 Å². The molecule has 7 heteroatoms. The van der Waals surface area contributed by atoms with Gasteiger partial charge < -0.3 is 20.6 Å². The quantitative estimate of drug-likeness (QED) is 0.592. The monoisotopic (exact) mass is 301 g/mol. The molecule has 1 atom stereocenters. The fraction of sp³-hybridized carbons (Fsp3) is 0.786. The van der Waals surface area contributed by atoms with Crippen LogP contribution in [0.25, 0.3) is 0 Å². The van der Waals surface area contributed by atoms with Crippen molar-refractivity contribution >= 4 is 17.9 Å². The zero-order valence-electron chi connectivity index (χ0n) is 13.3. The van der Waals surface area contributed by atoms with Gasteiger partial charge in [-0.3, -0.25) is 4.79 Å². The molecule has 122 valence electrons. The number of urea groups is 1. The van der Waals surface area contributed by atoms with Crippen LogP contribution in [0.15, 0.2) is 0 Å². The highest BCUT2D eigenvalue weighted by atomic mass is 16.4. The summed E-state index contributed by atoms with van der Waals surface area (Å²) in [5.74, 6) is -0.991. The van der Waals surface area contributed by atoms with E-state index in [0.29, 0.717) is 18.9 Å². The largest absolute Gasteiger partial charge is 0.480 e. The van der Waals surface area contributed by atoms with Crippen molar-refractivity contribution in [3.8, 4) is 0 Å². The lowest BCUT2D eigenvalue weighted by molar-refractivity contribution is -0.139. The lowest BCUT2D eigenvalue weighted by Gasteiger charge is -2.21. The Kier molecular flexibility index (Phi) is 9.16. The van der Waals surface area contributed by atoms with E-state index < -0.39 is 18.0 Å². The molecule has 0 fully saturated rings. The fourth-order valence-electron chi connectivity index (χ4n) is 1.59. The number of carboxylic acid groups (broad SMARTS) is 1. The zero-order valence-corrected chi connectivity index (χ0v) is 13.3. The number of carbonyl (C=O) groups excluding carboxylic acids is 2. The highest BCUT2D eigenvalue weighted by Gasteiger charge is 2.22. The Hall–Kier alpha value is -1.79. The minimum Gasteiger partial charge on any atom is -0.480 e. The van der Waals surface area contributed by atoms with Crippen molar-refractivity contribution in [2.24, 2.45) is 5.92 Å². The molecule has 0 spiro atoms. The topological polar surface area (TPSA) is 98.7 Å². The summed E-state index contributed by atoms with van der Waals surface area (Å²) >= 11 is 0. The van der Waals surface area contributed by atoms with Crippen LogP contribution in [-0.2, 0) is 9.59 Å². The van der Waals surface area contributed by atoms with E-state index in [9.17, 15) is 14.4 Å². The van der Waals surface area contributed by atoms with Crippen LogP contribution in [0.5, 0.6) is 0 Å². The van der Waals surface area contributed by atoms with Gasteiger partial charge in [-0.25, -0.2) is 9.59 Å². The molecule has 0 bridgehead atoms. The second kappa shape index (κ2) is 10.0. The van der Waals surface area contributed by atoms with E-state index in [4.69, 9.17) is 5.11 Å². The van der Waals surface area contributed by atoms with Crippen molar-refractivity contribution in [1.82, 2.24) is 15.5 Å². The lowest BCUT2D eigenvalue weighted by atomic mass is 10.1. The number of hydrogen-bond donors (Lipinski definition) is 3. The van der Waals surface area contributed by atoms with Crippen molar-refractivity contribution in [3.05, 3.63) is 0 Å². The number of nitrogens with zero attached hydrogens (tertiary/aromatic N) is 1. The average Bonchev–Trinajstić information content (AvgIpc) is 2.40. The lowest BCUT2D eigenvalue weighted by Crippen LogP contribution is -2.49. The smallest absolute Gasteiger partial charge is 0.326 e. The van der Waals surface area contributed by atoms with E-state index in [2.05, 4.69) is 10.6 Å². The van der Waals surface area contributed by atoms with Crippen LogP contribution < -0.4 is 10.6 Å². The van der Waals surface area contributed by atoms with Gasteiger partial charge in [0.25, 0.3) is 0 Å². The molecule has 0 radical (unpaired) electrons. The highest BCUT2D eigenvalue weighted by Crippen LogP contribution is 2.01. The third-order valence-corrected chi connectivity index (χ3v) is 2.88. The van der Waals surface area contributed by atoms with Gasteiger partial charge in [0.05, 0.1) is 0 Å². The maximum atomic E-state index is 11.9. The normalized spacial score (nSPS) is 11.9. The summed E-state index contributed by atoms with van der Waals surface area (Å²) < 4.78 is 0. The van der Waals surface area contributed by atoms with Crippen LogP contribution in [0.2, 0.25) is 0 Å². The predicted molar refractivity (Wildman–Crippen MR) is 80.0 cm³/mol. The second-order valence-corrected chi connectivity index (χ2v) is 5.54. The number of unbranched alkanes of at least 4 members (excludes halogenated alkanes) is 1. The molecule has 3 amide bonds. The molecule has 0 rings (SSSR count). The van der Waals surface area contributed by atoms with Crippen molar-refractivity contribution in [2.45, 2.75) is 46.1 Å². The first-order valence-electron chi connectivity index (χ1n) is 7.29. The van der Waals surface area contributed by atoms with Crippen LogP contribution >= 0.6 is 0 Å². The zero-order chi connectivity index (χ0) is 16.4. The Bertz CT molecular complexity index is 358. The first kappa shape index (κ1) is 19.2. The van der Waals surface area contributed by atoms with E-state index in [1.807, 2.05) is 20.8 Å². The Morgan fingerprint density at radius 2 is 1.86 bits per heavy atom. The number of likely N-dealkylation sites (N-methyl/N-ethyl adjacent to an activating group) is 1. The Morgan fingerprint density at radius 3 is 2.33 bits per heavy atom. The summed E-state index contributed by atoms with van der Waals surface area (Å²) in [5.41, 5.74) is 0. The van der Waals surface area contributed by atoms with E-state index in [-0.39, 0.29) is 12.5 Å². The molecule has 21 heavy (non-hydrogen) atoms. The number of rotatable bonds is 9. The van der Waals surface area contributed by atoms with Crippen molar-refractivity contribution in [2.75, 3.05) is 20.1 Å². The molecule has 0 aliphatic carbocycles. The van der Waals surface area contributed by atoms with Crippen LogP contribution in [0.1, 0.15) is 40.0 Å². The minimum atomic E-state index is -1.06. The molecule has 0 aromatic rings. The van der Waals surface area contributed by atoms with Crippen LogP contribution in [0.3, 0.4) is 0 Å². The molecule has 0 aromatic heterocycles. The van der Waals surface area contributed by atoms with Crippen molar-refractivity contribution in [3.63, 3.8) is 0 Å². The predicted octanol–water partition coefficient (Wildman–Crippen LogP) is 1.04. The Morgan fingerprint density at radius 1 is 1.24 bits per heavy atom. The number of aliphatic carboxylic acids is 1. The van der Waals surface area contributed by atoms with Gasteiger partial charge in [-0.15, -0.1) is 0 Å². The standard InChI is InChI=1S/C14H27N3O4/c1-5-6-7-11(13(19)20)16-14(21)17(4)9-12(18)15-8-10(2)3/h10-11H,5-9H2,1-4H3,(H,15,18)(H,16,21)(H,19,20). The SMILES string of the molecule is CCCCC(NC(=O)N(C)CC(=O)NCC(C)C)C(=O)O. The van der Waals surface area contributed by atoms with Gasteiger partial charge in [0.2, 0.25) is 5.91 Å². The molecule has 3 N–H and O–H groups in total. The fourth-order valence-corrected chi connectivity index (χ4v) is 1.59. The van der Waals surface area contributed by atoms with Gasteiger partial charge in [0.15, 0.2) is 0 Å². The molecule has 0 saturated heterocycles. The van der Waals surface area contributed by atoms with Crippen molar-refractivity contribution in [1.29, 1.82) is 0 Å². The van der Waals surface area contributed by atoms with Gasteiger partial charge in [-0.2, -0.15) is 0 Å². The molecule has 0 saturated carbocycles. The molecular formula is C14H27N3O4. The maximum Gasteiger partial charge on any atom is 0.326 e. The summed E-state index contributed by atoms with van der Waals surface area (Å²) in [7, 11) is 1.46. The molecule has 0 aromatic carbocycles. The van der Waals surface area contributed by atoms with Gasteiger partial charge in [0, 0.05) is 13.6 Å². The average molecular weight is 301 g/mol. The Balaban J connectivity index is 4.29. The van der Waals surface area contributed by atoms with Gasteiger partial charge in [-0.05, 0) is 12.3 Å².